The molecule has 0 radical (unpaired) electrons. The van der Waals surface area contributed by atoms with E-state index in [1.54, 1.807) is 0 Å². The fourth-order valence-electron chi connectivity index (χ4n) is 1.58. The number of benzene rings is 1. The Morgan fingerprint density at radius 2 is 1.73 bits per heavy atom. The first kappa shape index (κ1) is 12.2. The highest BCUT2D eigenvalue weighted by Crippen LogP contribution is 2.23. The summed E-state index contributed by atoms with van der Waals surface area (Å²) in [6.07, 6.45) is 0. The Balaban J connectivity index is 2.89. The Morgan fingerprint density at radius 3 is 2.07 bits per heavy atom. The summed E-state index contributed by atoms with van der Waals surface area (Å²) >= 11 is 0. The van der Waals surface area contributed by atoms with Crippen molar-refractivity contribution in [3.8, 4) is 0 Å². The molecule has 2 nitrogen and oxygen atoms in total. The Hall–Kier alpha value is -0.860. The molecule has 0 amide bonds. The van der Waals surface area contributed by atoms with E-state index in [9.17, 15) is 0 Å². The molecule has 0 heterocycles. The van der Waals surface area contributed by atoms with Crippen LogP contribution in [0.2, 0.25) is 0 Å². The third-order valence-corrected chi connectivity index (χ3v) is 2.71. The van der Waals surface area contributed by atoms with Gasteiger partial charge in [-0.05, 0) is 23.6 Å². The molecular weight excluding hydrogens is 186 g/mol. The minimum Gasteiger partial charge on any atom is -0.394 e. The van der Waals surface area contributed by atoms with Crippen LogP contribution in [-0.4, -0.2) is 18.8 Å². The highest BCUT2D eigenvalue weighted by Gasteiger charge is 2.14. The largest absolute Gasteiger partial charge is 0.394 e. The van der Waals surface area contributed by atoms with E-state index < -0.39 is 0 Å². The van der Waals surface area contributed by atoms with Crippen LogP contribution in [0.3, 0.4) is 0 Å². The first-order chi connectivity index (χ1) is 6.99. The molecule has 1 aromatic carbocycles. The van der Waals surface area contributed by atoms with Crippen molar-refractivity contribution in [2.75, 3.05) is 13.7 Å². The number of aliphatic hydroxyl groups excluding tert-OH is 1. The Morgan fingerprint density at radius 1 is 1.20 bits per heavy atom. The Kier molecular flexibility index (Phi) is 3.89. The number of aliphatic hydroxyl groups is 1. The zero-order valence-corrected chi connectivity index (χ0v) is 10.0. The molecule has 1 aromatic rings. The summed E-state index contributed by atoms with van der Waals surface area (Å²) in [5, 5.41) is 12.2. The van der Waals surface area contributed by atoms with Gasteiger partial charge in [-0.2, -0.15) is 0 Å². The normalized spacial score (nSPS) is 13.9. The summed E-state index contributed by atoms with van der Waals surface area (Å²) in [5.41, 5.74) is 2.64. The SMILES string of the molecule is CNC(CO)c1ccc(C(C)(C)C)cc1. The van der Waals surface area contributed by atoms with Gasteiger partial charge in [0.15, 0.2) is 0 Å². The number of nitrogens with one attached hydrogen (secondary N) is 1. The topological polar surface area (TPSA) is 32.3 Å². The molecule has 15 heavy (non-hydrogen) atoms. The molecule has 1 atom stereocenters. The average molecular weight is 207 g/mol. The van der Waals surface area contributed by atoms with Crippen LogP contribution < -0.4 is 5.32 Å². The molecule has 0 aliphatic rings. The van der Waals surface area contributed by atoms with E-state index in [4.69, 9.17) is 5.11 Å². The minimum absolute atomic E-state index is 0.0408. The van der Waals surface area contributed by atoms with Gasteiger partial charge >= 0.3 is 0 Å². The van der Waals surface area contributed by atoms with Crippen LogP contribution in [0.4, 0.5) is 0 Å². The monoisotopic (exact) mass is 207 g/mol. The van der Waals surface area contributed by atoms with Gasteiger partial charge in [-0.1, -0.05) is 45.0 Å². The maximum atomic E-state index is 9.15. The first-order valence-electron chi connectivity index (χ1n) is 5.37. The van der Waals surface area contributed by atoms with Crippen molar-refractivity contribution in [3.05, 3.63) is 35.4 Å². The van der Waals surface area contributed by atoms with E-state index in [2.05, 4.69) is 50.4 Å². The van der Waals surface area contributed by atoms with E-state index in [0.717, 1.165) is 5.56 Å². The maximum absolute atomic E-state index is 9.15. The van der Waals surface area contributed by atoms with Gasteiger partial charge in [0.25, 0.3) is 0 Å². The summed E-state index contributed by atoms with van der Waals surface area (Å²) in [4.78, 5) is 0. The average Bonchev–Trinajstić information content (AvgIpc) is 2.19. The summed E-state index contributed by atoms with van der Waals surface area (Å²) in [5.74, 6) is 0. The molecule has 0 saturated heterocycles. The van der Waals surface area contributed by atoms with Crippen LogP contribution in [-0.2, 0) is 5.41 Å². The number of likely N-dealkylation sites (N-methyl/N-ethyl adjacent to an activating group) is 1. The Labute approximate surface area is 92.3 Å². The highest BCUT2D eigenvalue weighted by molar-refractivity contribution is 5.29. The summed E-state index contributed by atoms with van der Waals surface area (Å²) in [6.45, 7) is 6.72. The van der Waals surface area contributed by atoms with Crippen LogP contribution in [0.5, 0.6) is 0 Å². The lowest BCUT2D eigenvalue weighted by molar-refractivity contribution is 0.251. The zero-order chi connectivity index (χ0) is 11.5. The van der Waals surface area contributed by atoms with Gasteiger partial charge in [-0.3, -0.25) is 0 Å². The van der Waals surface area contributed by atoms with E-state index >= 15 is 0 Å². The second-order valence-electron chi connectivity index (χ2n) is 4.90. The molecule has 2 N–H and O–H groups in total. The van der Waals surface area contributed by atoms with Crippen molar-refractivity contribution in [2.24, 2.45) is 0 Å². The molecule has 0 aliphatic heterocycles. The second kappa shape index (κ2) is 4.77. The van der Waals surface area contributed by atoms with Crippen molar-refractivity contribution in [2.45, 2.75) is 32.2 Å². The summed E-state index contributed by atoms with van der Waals surface area (Å²) in [7, 11) is 1.86. The number of rotatable bonds is 3. The van der Waals surface area contributed by atoms with Gasteiger partial charge in [0, 0.05) is 0 Å². The molecule has 1 rings (SSSR count). The number of hydrogen-bond donors (Lipinski definition) is 2. The van der Waals surface area contributed by atoms with E-state index in [1.165, 1.54) is 5.56 Å². The molecule has 0 aromatic heterocycles. The fourth-order valence-corrected chi connectivity index (χ4v) is 1.58. The van der Waals surface area contributed by atoms with E-state index in [1.807, 2.05) is 7.05 Å². The molecule has 0 aliphatic carbocycles. The molecule has 84 valence electrons. The van der Waals surface area contributed by atoms with Crippen LogP contribution in [0.15, 0.2) is 24.3 Å². The minimum atomic E-state index is 0.0408. The fraction of sp³-hybridized carbons (Fsp3) is 0.538. The second-order valence-corrected chi connectivity index (χ2v) is 4.90. The van der Waals surface area contributed by atoms with Crippen LogP contribution in [0.1, 0.15) is 37.9 Å². The molecule has 0 fully saturated rings. The molecule has 0 spiro atoms. The summed E-state index contributed by atoms with van der Waals surface area (Å²) in [6, 6.07) is 8.47. The molecule has 1 unspecified atom stereocenters. The quantitative estimate of drug-likeness (QED) is 0.796. The van der Waals surface area contributed by atoms with E-state index in [-0.39, 0.29) is 18.1 Å². The van der Waals surface area contributed by atoms with Crippen molar-refractivity contribution in [3.63, 3.8) is 0 Å². The van der Waals surface area contributed by atoms with Crippen molar-refractivity contribution in [1.82, 2.24) is 5.32 Å². The summed E-state index contributed by atoms with van der Waals surface area (Å²) < 4.78 is 0. The first-order valence-corrected chi connectivity index (χ1v) is 5.37. The zero-order valence-electron chi connectivity index (χ0n) is 10.0. The number of hydrogen-bond acceptors (Lipinski definition) is 2. The molecule has 0 bridgehead atoms. The van der Waals surface area contributed by atoms with Gasteiger partial charge in [-0.25, -0.2) is 0 Å². The van der Waals surface area contributed by atoms with Gasteiger partial charge in [-0.15, -0.1) is 0 Å². The van der Waals surface area contributed by atoms with E-state index in [0.29, 0.717) is 0 Å². The standard InChI is InChI=1S/C13H21NO/c1-13(2,3)11-7-5-10(6-8-11)12(9-15)14-4/h5-8,12,14-15H,9H2,1-4H3. The van der Waals surface area contributed by atoms with Gasteiger partial charge < -0.3 is 10.4 Å². The van der Waals surface area contributed by atoms with Crippen molar-refractivity contribution in [1.29, 1.82) is 0 Å². The third-order valence-electron chi connectivity index (χ3n) is 2.71. The Bertz CT molecular complexity index is 293. The van der Waals surface area contributed by atoms with Crippen LogP contribution in [0.25, 0.3) is 0 Å². The van der Waals surface area contributed by atoms with Gasteiger partial charge in [0.1, 0.15) is 0 Å². The van der Waals surface area contributed by atoms with Gasteiger partial charge in [0.2, 0.25) is 0 Å². The molecule has 0 saturated carbocycles. The lowest BCUT2D eigenvalue weighted by Crippen LogP contribution is -2.20. The van der Waals surface area contributed by atoms with Crippen LogP contribution >= 0.6 is 0 Å². The van der Waals surface area contributed by atoms with Gasteiger partial charge in [0.05, 0.1) is 12.6 Å². The smallest absolute Gasteiger partial charge is 0.0626 e. The molecular formula is C13H21NO. The lowest BCUT2D eigenvalue weighted by Gasteiger charge is -2.20. The van der Waals surface area contributed by atoms with Crippen LogP contribution in [0, 0.1) is 0 Å². The lowest BCUT2D eigenvalue weighted by atomic mass is 9.86. The maximum Gasteiger partial charge on any atom is 0.0626 e. The predicted octanol–water partition coefficient (Wildman–Crippen LogP) is 2.24. The molecule has 2 heteroatoms. The predicted molar refractivity (Wildman–Crippen MR) is 64.0 cm³/mol. The van der Waals surface area contributed by atoms with Crippen molar-refractivity contribution < 1.29 is 5.11 Å². The van der Waals surface area contributed by atoms with Crippen molar-refractivity contribution >= 4 is 0 Å². The highest BCUT2D eigenvalue weighted by atomic mass is 16.3. The third kappa shape index (κ3) is 3.05.